The third-order valence-corrected chi connectivity index (χ3v) is 0.567. The summed E-state index contributed by atoms with van der Waals surface area (Å²) in [4.78, 5) is 53.4. The molecule has 0 radical (unpaired) electrons. The molecule has 8 nitrogen and oxygen atoms in total. The fourth-order valence-electron chi connectivity index (χ4n) is 0. The Hall–Kier alpha value is 1.84. The molecule has 0 heterocycles. The molecule has 0 spiro atoms. The molecule has 76 valence electrons. The van der Waals surface area contributed by atoms with Crippen molar-refractivity contribution in [3.63, 3.8) is 0 Å². The van der Waals surface area contributed by atoms with Crippen LogP contribution in [-0.2, 0) is 67.7 Å². The van der Waals surface area contributed by atoms with Gasteiger partial charge in [-0.3, -0.25) is 0 Å². The van der Waals surface area contributed by atoms with Gasteiger partial charge in [-0.05, 0) is 0 Å². The van der Waals surface area contributed by atoms with E-state index in [4.69, 9.17) is 28.8 Å². The second-order valence-electron chi connectivity index (χ2n) is 1.15. The molecule has 15 heavy (non-hydrogen) atoms. The van der Waals surface area contributed by atoms with Crippen molar-refractivity contribution in [2.45, 2.75) is 0 Å². The van der Waals surface area contributed by atoms with E-state index < -0.39 is 18.1 Å². The molecule has 0 fully saturated rings. The van der Waals surface area contributed by atoms with E-state index in [2.05, 4.69) is 0 Å². The normalized spacial score (nSPS) is 9.60. The van der Waals surface area contributed by atoms with Crippen molar-refractivity contribution >= 4 is 18.1 Å². The summed E-state index contributed by atoms with van der Waals surface area (Å²) in [7, 11) is -11.1. The summed E-state index contributed by atoms with van der Waals surface area (Å²) in [5.74, 6) is 0. The third kappa shape index (κ3) is 49.4. The van der Waals surface area contributed by atoms with Crippen LogP contribution >= 0.6 is 0 Å². The van der Waals surface area contributed by atoms with Crippen LogP contribution in [-0.4, -0.2) is 18.1 Å². The monoisotopic (exact) mass is 414 g/mol. The number of hydrogen-bond acceptors (Lipinski definition) is 8. The van der Waals surface area contributed by atoms with Gasteiger partial charge in [0.15, 0.2) is 0 Å². The summed E-state index contributed by atoms with van der Waals surface area (Å²) < 4.78 is 24.1. The number of hydrogen-bond donors (Lipinski definition) is 0. The third-order valence-electron chi connectivity index (χ3n) is 0.189. The van der Waals surface area contributed by atoms with Gasteiger partial charge in [0.25, 0.3) is 0 Å². The summed E-state index contributed by atoms with van der Waals surface area (Å²) in [5, 5.41) is 0. The molecule has 0 saturated heterocycles. The standard InChI is InChI=1S/2FO4Si.3Zn/c2*1-5-6(2,3)4;;;/q2*-3;3*+2. The average molecular weight is 418 g/mol. The summed E-state index contributed by atoms with van der Waals surface area (Å²) >= 11 is 0. The van der Waals surface area contributed by atoms with Crippen LogP contribution in [0.25, 0.3) is 0 Å². The molecule has 0 N–H and O–H groups in total. The Morgan fingerprint density at radius 3 is 0.667 bits per heavy atom. The Morgan fingerprint density at radius 1 is 0.600 bits per heavy atom. The number of halogens is 2. The zero-order chi connectivity index (χ0) is 10.4. The SMILES string of the molecule is [O-][Si]([O-])([O-])OF.[O-][Si]([O-])([O-])OF.[Zn+2].[Zn+2].[Zn+2]. The van der Waals surface area contributed by atoms with E-state index in [0.717, 1.165) is 0 Å². The average Bonchev–Trinajstić information content (AvgIpc) is 1.86. The molecule has 15 heteroatoms. The first-order valence-corrected chi connectivity index (χ1v) is 5.21. The van der Waals surface area contributed by atoms with E-state index in [1.54, 1.807) is 0 Å². The largest absolute Gasteiger partial charge is 2.00 e. The van der Waals surface area contributed by atoms with E-state index in [1.807, 2.05) is 9.26 Å². The molecular formula is F2O8Si2Zn3. The minimum Gasteiger partial charge on any atom is -0.858 e. The van der Waals surface area contributed by atoms with Gasteiger partial charge in [-0.15, -0.1) is 0 Å². The zero-order valence-corrected chi connectivity index (χ0v) is 18.0. The molecule has 0 aromatic heterocycles. The van der Waals surface area contributed by atoms with Gasteiger partial charge >= 0.3 is 58.4 Å². The van der Waals surface area contributed by atoms with Crippen molar-refractivity contribution in [1.82, 2.24) is 0 Å². The Bertz CT molecular complexity index is 99.4. The van der Waals surface area contributed by atoms with Crippen LogP contribution < -0.4 is 28.8 Å². The van der Waals surface area contributed by atoms with Crippen molar-refractivity contribution in [3.05, 3.63) is 0 Å². The first kappa shape index (κ1) is 30.1. The van der Waals surface area contributed by atoms with E-state index >= 15 is 0 Å². The summed E-state index contributed by atoms with van der Waals surface area (Å²) in [6.07, 6.45) is 0. The Kier molecular flexibility index (Phi) is 27.9. The van der Waals surface area contributed by atoms with Gasteiger partial charge in [0.1, 0.15) is 0 Å². The predicted molar refractivity (Wildman–Crippen MR) is 15.9 cm³/mol. The quantitative estimate of drug-likeness (QED) is 0.400. The topological polar surface area (TPSA) is 157 Å². The van der Waals surface area contributed by atoms with Crippen LogP contribution in [0.5, 0.6) is 0 Å². The molecular weight excluding hydrogens is 418 g/mol. The minimum atomic E-state index is -5.55. The van der Waals surface area contributed by atoms with Gasteiger partial charge in [0, 0.05) is 0 Å². The van der Waals surface area contributed by atoms with Gasteiger partial charge in [-0.2, -0.15) is 0 Å². The van der Waals surface area contributed by atoms with E-state index in [9.17, 15) is 9.05 Å². The van der Waals surface area contributed by atoms with Crippen LogP contribution in [0.2, 0.25) is 0 Å². The molecule has 0 aliphatic heterocycles. The Morgan fingerprint density at radius 2 is 0.667 bits per heavy atom. The predicted octanol–water partition coefficient (Wildman–Crippen LogP) is -7.20. The molecule has 0 saturated carbocycles. The van der Waals surface area contributed by atoms with E-state index in [0.29, 0.717) is 0 Å². The summed E-state index contributed by atoms with van der Waals surface area (Å²) in [6.45, 7) is 0. The van der Waals surface area contributed by atoms with Crippen LogP contribution in [0.15, 0.2) is 0 Å². The molecule has 0 amide bonds. The van der Waals surface area contributed by atoms with Gasteiger partial charge < -0.3 is 38.0 Å². The van der Waals surface area contributed by atoms with Gasteiger partial charge in [0.05, 0.1) is 0 Å². The first-order chi connectivity index (χ1) is 5.12. The Labute approximate surface area is 123 Å². The van der Waals surface area contributed by atoms with Crippen molar-refractivity contribution in [1.29, 1.82) is 0 Å². The van der Waals surface area contributed by atoms with Crippen LogP contribution in [0.4, 0.5) is 9.05 Å². The molecule has 0 unspecified atom stereocenters. The van der Waals surface area contributed by atoms with Gasteiger partial charge in [0.2, 0.25) is 0 Å². The van der Waals surface area contributed by atoms with Crippen LogP contribution in [0.1, 0.15) is 0 Å². The van der Waals surface area contributed by atoms with Crippen molar-refractivity contribution < 1.29 is 106 Å². The summed E-state index contributed by atoms with van der Waals surface area (Å²) in [6, 6.07) is 0. The molecule has 0 rings (SSSR count). The van der Waals surface area contributed by atoms with Gasteiger partial charge in [-0.25, -0.2) is 0 Å². The van der Waals surface area contributed by atoms with Crippen molar-refractivity contribution in [2.75, 3.05) is 0 Å². The fraction of sp³-hybridized carbons (Fsp3) is 0. The maximum atomic E-state index is 10.1. The zero-order valence-electron chi connectivity index (χ0n) is 7.14. The maximum absolute atomic E-state index is 10.1. The minimum absolute atomic E-state index is 0. The van der Waals surface area contributed by atoms with Crippen LogP contribution in [0.3, 0.4) is 0 Å². The van der Waals surface area contributed by atoms with Crippen LogP contribution in [0, 0.1) is 0 Å². The molecule has 0 aliphatic rings. The van der Waals surface area contributed by atoms with Crippen molar-refractivity contribution in [2.24, 2.45) is 0 Å². The second-order valence-corrected chi connectivity index (χ2v) is 3.46. The Balaban J connectivity index is -0.0000000370. The van der Waals surface area contributed by atoms with E-state index in [1.165, 1.54) is 0 Å². The van der Waals surface area contributed by atoms with Crippen molar-refractivity contribution in [3.8, 4) is 0 Å². The molecule has 0 aromatic rings. The first-order valence-electron chi connectivity index (χ1n) is 1.94. The van der Waals surface area contributed by atoms with E-state index in [-0.39, 0.29) is 58.4 Å². The fourth-order valence-corrected chi connectivity index (χ4v) is 0. The number of rotatable bonds is 2. The molecule has 0 aliphatic carbocycles. The maximum Gasteiger partial charge on any atom is 2.00 e. The molecule has 0 aromatic carbocycles. The molecule has 0 atom stereocenters. The smallest absolute Gasteiger partial charge is 0.858 e. The van der Waals surface area contributed by atoms with Gasteiger partial charge in [-0.1, -0.05) is 27.1 Å². The second kappa shape index (κ2) is 13.9. The molecule has 0 bridgehead atoms. The summed E-state index contributed by atoms with van der Waals surface area (Å²) in [5.41, 5.74) is 0.